The summed E-state index contributed by atoms with van der Waals surface area (Å²) < 4.78 is 29.9. The molecule has 8 heteroatoms. The van der Waals surface area contributed by atoms with Crippen molar-refractivity contribution in [1.82, 2.24) is 19.8 Å². The van der Waals surface area contributed by atoms with Gasteiger partial charge in [-0.3, -0.25) is 4.68 Å². The number of rotatable bonds is 4. The molecule has 2 aromatic rings. The van der Waals surface area contributed by atoms with E-state index in [1.54, 1.807) is 12.3 Å². The van der Waals surface area contributed by atoms with Crippen molar-refractivity contribution in [3.8, 4) is 0 Å². The molecule has 1 aromatic heterocycles. The molecule has 122 valence electrons. The van der Waals surface area contributed by atoms with Gasteiger partial charge < -0.3 is 5.32 Å². The number of benzene rings is 1. The van der Waals surface area contributed by atoms with Crippen molar-refractivity contribution in [3.63, 3.8) is 0 Å². The fourth-order valence-corrected chi connectivity index (χ4v) is 3.91. The third-order valence-electron chi connectivity index (χ3n) is 3.51. The quantitative estimate of drug-likeness (QED) is 0.824. The Labute approximate surface area is 143 Å². The molecule has 2 heterocycles. The zero-order chi connectivity index (χ0) is 16.3. The molecule has 3 rings (SSSR count). The lowest BCUT2D eigenvalue weighted by atomic mass is 10.2. The Morgan fingerprint density at radius 2 is 2.26 bits per heavy atom. The van der Waals surface area contributed by atoms with Crippen LogP contribution in [-0.4, -0.2) is 30.8 Å². The van der Waals surface area contributed by atoms with Crippen molar-refractivity contribution in [1.29, 1.82) is 0 Å². The van der Waals surface area contributed by atoms with Crippen LogP contribution < -0.4 is 10.0 Å². The molecule has 1 aromatic carbocycles. The highest BCUT2D eigenvalue weighted by Gasteiger charge is 2.20. The summed E-state index contributed by atoms with van der Waals surface area (Å²) in [4.78, 5) is 0. The molecule has 1 aliphatic rings. The summed E-state index contributed by atoms with van der Waals surface area (Å²) in [6.07, 6.45) is 3.30. The molecule has 0 saturated heterocycles. The van der Waals surface area contributed by atoms with E-state index in [0.29, 0.717) is 19.6 Å². The molecule has 0 radical (unpaired) electrons. The van der Waals surface area contributed by atoms with Crippen molar-refractivity contribution in [2.75, 3.05) is 6.54 Å². The predicted octanol–water partition coefficient (Wildman–Crippen LogP) is 1.71. The van der Waals surface area contributed by atoms with Crippen molar-refractivity contribution >= 4 is 32.0 Å². The number of hydrogen-bond acceptors (Lipinski definition) is 4. The van der Waals surface area contributed by atoms with E-state index in [1.807, 2.05) is 35.0 Å². The maximum absolute atomic E-state index is 12.3. The molecule has 2 N–H and O–H groups in total. The van der Waals surface area contributed by atoms with Gasteiger partial charge in [-0.25, -0.2) is 13.1 Å². The zero-order valence-corrected chi connectivity index (χ0v) is 14.7. The molecule has 0 amide bonds. The summed E-state index contributed by atoms with van der Waals surface area (Å²) in [6, 6.07) is 9.14. The Kier molecular flexibility index (Phi) is 4.96. The summed E-state index contributed by atoms with van der Waals surface area (Å²) in [5, 5.41) is 8.64. The average molecular weight is 397 g/mol. The van der Waals surface area contributed by atoms with E-state index in [2.05, 4.69) is 31.1 Å². The van der Waals surface area contributed by atoms with Gasteiger partial charge in [0.1, 0.15) is 0 Å². The Morgan fingerprint density at radius 1 is 1.39 bits per heavy atom. The lowest BCUT2D eigenvalue weighted by molar-refractivity contribution is 0.475. The van der Waals surface area contributed by atoms with Gasteiger partial charge >= 0.3 is 0 Å². The summed E-state index contributed by atoms with van der Waals surface area (Å²) in [5.41, 5.74) is 1.87. The minimum Gasteiger partial charge on any atom is -0.310 e. The Balaban J connectivity index is 1.69. The van der Waals surface area contributed by atoms with Crippen molar-refractivity contribution in [3.05, 3.63) is 57.7 Å². The van der Waals surface area contributed by atoms with Gasteiger partial charge in [-0.1, -0.05) is 28.1 Å². The molecule has 1 aliphatic heterocycles. The summed E-state index contributed by atoms with van der Waals surface area (Å²) in [5.74, 6) is 0. The second-order valence-corrected chi connectivity index (χ2v) is 7.87. The molecule has 0 spiro atoms. The number of hydrogen-bond donors (Lipinski definition) is 2. The normalized spacial score (nSPS) is 18.7. The number of nitrogens with one attached hydrogen (secondary N) is 2. The molecular formula is C15H17BrN4O2S. The third-order valence-corrected chi connectivity index (χ3v) is 5.16. The highest BCUT2D eigenvalue weighted by molar-refractivity contribution is 9.10. The van der Waals surface area contributed by atoms with Gasteiger partial charge in [0.05, 0.1) is 18.3 Å². The van der Waals surface area contributed by atoms with Crippen LogP contribution in [0.25, 0.3) is 6.08 Å². The van der Waals surface area contributed by atoms with E-state index < -0.39 is 10.0 Å². The van der Waals surface area contributed by atoms with E-state index in [9.17, 15) is 8.42 Å². The van der Waals surface area contributed by atoms with E-state index >= 15 is 0 Å². The molecular weight excluding hydrogens is 380 g/mol. The van der Waals surface area contributed by atoms with Crippen LogP contribution >= 0.6 is 15.9 Å². The maximum Gasteiger partial charge on any atom is 0.234 e. The smallest absolute Gasteiger partial charge is 0.234 e. The van der Waals surface area contributed by atoms with Gasteiger partial charge in [-0.2, -0.15) is 5.10 Å². The number of sulfonamides is 1. The van der Waals surface area contributed by atoms with Gasteiger partial charge in [0, 0.05) is 29.2 Å². The number of halogens is 1. The van der Waals surface area contributed by atoms with Crippen LogP contribution in [0.15, 0.2) is 46.4 Å². The van der Waals surface area contributed by atoms with Crippen molar-refractivity contribution < 1.29 is 8.42 Å². The van der Waals surface area contributed by atoms with Gasteiger partial charge in [0.25, 0.3) is 0 Å². The number of aromatic nitrogens is 2. The minimum absolute atomic E-state index is 0.242. The van der Waals surface area contributed by atoms with Crippen LogP contribution in [0.4, 0.5) is 0 Å². The van der Waals surface area contributed by atoms with E-state index in [0.717, 1.165) is 15.7 Å². The Bertz CT molecular complexity index is 816. The Morgan fingerprint density at radius 3 is 3.09 bits per heavy atom. The van der Waals surface area contributed by atoms with E-state index in [1.165, 1.54) is 5.41 Å². The van der Waals surface area contributed by atoms with Crippen LogP contribution in [0.2, 0.25) is 0 Å². The summed E-state index contributed by atoms with van der Waals surface area (Å²) in [6.45, 7) is 1.76. The molecule has 6 nitrogen and oxygen atoms in total. The molecule has 0 saturated carbocycles. The summed E-state index contributed by atoms with van der Waals surface area (Å²) in [7, 11) is -3.52. The predicted molar refractivity (Wildman–Crippen MR) is 93.0 cm³/mol. The average Bonchev–Trinajstić information content (AvgIpc) is 2.84. The fourth-order valence-electron chi connectivity index (χ4n) is 2.45. The SMILES string of the molecule is O=S(=O)(/C=C/c1cccc(Br)c1)NC1CNCc2ccnn2C1. The highest BCUT2D eigenvalue weighted by atomic mass is 79.9. The molecule has 0 aliphatic carbocycles. The number of nitrogens with zero attached hydrogens (tertiary/aromatic N) is 2. The van der Waals surface area contributed by atoms with Gasteiger partial charge in [-0.15, -0.1) is 0 Å². The van der Waals surface area contributed by atoms with E-state index in [-0.39, 0.29) is 6.04 Å². The van der Waals surface area contributed by atoms with Crippen LogP contribution in [0.1, 0.15) is 11.3 Å². The third kappa shape index (κ3) is 4.51. The van der Waals surface area contributed by atoms with Crippen LogP contribution in [-0.2, 0) is 23.1 Å². The van der Waals surface area contributed by atoms with Crippen LogP contribution in [0.3, 0.4) is 0 Å². The first kappa shape index (κ1) is 16.4. The monoisotopic (exact) mass is 396 g/mol. The topological polar surface area (TPSA) is 76.0 Å². The first-order chi connectivity index (χ1) is 11.0. The highest BCUT2D eigenvalue weighted by Crippen LogP contribution is 2.13. The zero-order valence-electron chi connectivity index (χ0n) is 12.3. The first-order valence-electron chi connectivity index (χ1n) is 7.19. The maximum atomic E-state index is 12.3. The van der Waals surface area contributed by atoms with Crippen molar-refractivity contribution in [2.24, 2.45) is 0 Å². The second-order valence-electron chi connectivity index (χ2n) is 5.35. The molecule has 1 atom stereocenters. The number of fused-ring (bicyclic) bond motifs is 1. The largest absolute Gasteiger partial charge is 0.310 e. The lowest BCUT2D eigenvalue weighted by Gasteiger charge is -2.15. The van der Waals surface area contributed by atoms with Gasteiger partial charge in [-0.05, 0) is 29.8 Å². The molecule has 23 heavy (non-hydrogen) atoms. The van der Waals surface area contributed by atoms with Crippen LogP contribution in [0, 0.1) is 0 Å². The molecule has 0 fully saturated rings. The van der Waals surface area contributed by atoms with Crippen molar-refractivity contribution in [2.45, 2.75) is 19.1 Å². The molecule has 1 unspecified atom stereocenters. The van der Waals surface area contributed by atoms with E-state index in [4.69, 9.17) is 0 Å². The fraction of sp³-hybridized carbons (Fsp3) is 0.267. The Hall–Kier alpha value is -1.48. The molecule has 0 bridgehead atoms. The summed E-state index contributed by atoms with van der Waals surface area (Å²) >= 11 is 3.37. The minimum atomic E-state index is -3.52. The lowest BCUT2D eigenvalue weighted by Crippen LogP contribution is -2.42. The first-order valence-corrected chi connectivity index (χ1v) is 9.53. The standard InChI is InChI=1S/C15H17BrN4O2S/c16-13-3-1-2-12(8-13)5-7-23(21,22)19-14-9-17-10-15-4-6-18-20(15)11-14/h1-8,14,17,19H,9-11H2/b7-5+. The van der Waals surface area contributed by atoms with Crippen LogP contribution in [0.5, 0.6) is 0 Å². The van der Waals surface area contributed by atoms with Gasteiger partial charge in [0.15, 0.2) is 0 Å². The van der Waals surface area contributed by atoms with Gasteiger partial charge in [0.2, 0.25) is 10.0 Å². The second kappa shape index (κ2) is 6.96.